The van der Waals surface area contributed by atoms with Crippen molar-refractivity contribution in [1.82, 2.24) is 5.32 Å². The molecule has 130 valence electrons. The van der Waals surface area contributed by atoms with Crippen molar-refractivity contribution in [1.29, 1.82) is 0 Å². The van der Waals surface area contributed by atoms with Crippen LogP contribution in [0.1, 0.15) is 23.5 Å². The predicted molar refractivity (Wildman–Crippen MR) is 103 cm³/mol. The largest absolute Gasteiger partial charge is 0.480 e. The van der Waals surface area contributed by atoms with Crippen LogP contribution in [0.25, 0.3) is 11.1 Å². The van der Waals surface area contributed by atoms with Crippen molar-refractivity contribution in [3.05, 3.63) is 59.7 Å². The Morgan fingerprint density at radius 1 is 1.08 bits per heavy atom. The van der Waals surface area contributed by atoms with Gasteiger partial charge in [-0.1, -0.05) is 71.1 Å². The predicted octanol–water partition coefficient (Wildman–Crippen LogP) is 3.80. The third-order valence-electron chi connectivity index (χ3n) is 4.33. The van der Waals surface area contributed by atoms with Gasteiger partial charge in [-0.3, -0.25) is 0 Å². The smallest absolute Gasteiger partial charge is 0.407 e. The Bertz CT molecular complexity index is 747. The number of ether oxygens (including phenoxy) is 1. The molecule has 2 aromatic carbocycles. The first-order chi connectivity index (χ1) is 12.1. The van der Waals surface area contributed by atoms with Crippen LogP contribution in [0.4, 0.5) is 4.79 Å². The number of carboxylic acid groups (broad SMARTS) is 1. The minimum absolute atomic E-state index is 0.0361. The maximum atomic E-state index is 12.0. The molecule has 0 aliphatic heterocycles. The zero-order valence-electron chi connectivity index (χ0n) is 13.4. The third-order valence-corrected chi connectivity index (χ3v) is 4.95. The molecule has 0 fully saturated rings. The lowest BCUT2D eigenvalue weighted by molar-refractivity contribution is -0.139. The average molecular weight is 451 g/mol. The molecule has 0 heterocycles. The van der Waals surface area contributed by atoms with E-state index in [4.69, 9.17) is 9.84 Å². The summed E-state index contributed by atoms with van der Waals surface area (Å²) in [6.45, 7) is 0.177. The standard InChI is InChI=1S/C19H18INO4/c20-10-9-17(18(22)23)21-19(24)25-11-16-14-7-3-1-5-12(14)13-6-2-4-8-15(13)16/h1-8,16-17H,9-11H2,(H,21,24)(H,22,23). The Kier molecular flexibility index (Phi) is 5.57. The zero-order chi connectivity index (χ0) is 17.8. The van der Waals surface area contributed by atoms with E-state index in [1.807, 2.05) is 36.4 Å². The molecule has 0 aromatic heterocycles. The van der Waals surface area contributed by atoms with Gasteiger partial charge in [-0.05, 0) is 28.7 Å². The lowest BCUT2D eigenvalue weighted by Crippen LogP contribution is -2.41. The van der Waals surface area contributed by atoms with E-state index in [2.05, 4.69) is 40.0 Å². The molecular weight excluding hydrogens is 433 g/mol. The van der Waals surface area contributed by atoms with Gasteiger partial charge in [-0.2, -0.15) is 0 Å². The van der Waals surface area contributed by atoms with Crippen LogP contribution in [0.15, 0.2) is 48.5 Å². The van der Waals surface area contributed by atoms with Gasteiger partial charge in [-0.25, -0.2) is 9.59 Å². The number of nitrogens with one attached hydrogen (secondary N) is 1. The summed E-state index contributed by atoms with van der Waals surface area (Å²) < 4.78 is 5.99. The van der Waals surface area contributed by atoms with Crippen molar-refractivity contribution in [2.45, 2.75) is 18.4 Å². The molecule has 5 nitrogen and oxygen atoms in total. The van der Waals surface area contributed by atoms with Crippen LogP contribution in [0.2, 0.25) is 0 Å². The van der Waals surface area contributed by atoms with Gasteiger partial charge in [0.25, 0.3) is 0 Å². The second-order valence-electron chi connectivity index (χ2n) is 5.84. The second-order valence-corrected chi connectivity index (χ2v) is 6.92. The quantitative estimate of drug-likeness (QED) is 0.518. The summed E-state index contributed by atoms with van der Waals surface area (Å²) in [7, 11) is 0. The third kappa shape index (κ3) is 3.78. The highest BCUT2D eigenvalue weighted by Crippen LogP contribution is 2.44. The summed E-state index contributed by atoms with van der Waals surface area (Å²) in [5.74, 6) is -1.09. The molecule has 1 aliphatic rings. The maximum absolute atomic E-state index is 12.0. The highest BCUT2D eigenvalue weighted by atomic mass is 127. The summed E-state index contributed by atoms with van der Waals surface area (Å²) in [6.07, 6.45) is -0.334. The number of amides is 1. The average Bonchev–Trinajstić information content (AvgIpc) is 2.93. The number of hydrogen-bond acceptors (Lipinski definition) is 3. The van der Waals surface area contributed by atoms with E-state index in [0.29, 0.717) is 10.8 Å². The van der Waals surface area contributed by atoms with E-state index in [0.717, 1.165) is 22.3 Å². The molecule has 25 heavy (non-hydrogen) atoms. The number of benzene rings is 2. The van der Waals surface area contributed by atoms with E-state index in [-0.39, 0.29) is 12.5 Å². The summed E-state index contributed by atoms with van der Waals surface area (Å²) >= 11 is 2.08. The fourth-order valence-corrected chi connectivity index (χ4v) is 3.77. The topological polar surface area (TPSA) is 75.6 Å². The van der Waals surface area contributed by atoms with Crippen LogP contribution in [0, 0.1) is 0 Å². The van der Waals surface area contributed by atoms with E-state index in [1.54, 1.807) is 0 Å². The number of hydrogen-bond donors (Lipinski definition) is 2. The first kappa shape index (κ1) is 17.7. The zero-order valence-corrected chi connectivity index (χ0v) is 15.6. The monoisotopic (exact) mass is 451 g/mol. The Morgan fingerprint density at radius 3 is 2.16 bits per heavy atom. The molecule has 0 spiro atoms. The van der Waals surface area contributed by atoms with Gasteiger partial charge in [-0.15, -0.1) is 0 Å². The number of fused-ring (bicyclic) bond motifs is 3. The minimum Gasteiger partial charge on any atom is -0.480 e. The summed E-state index contributed by atoms with van der Waals surface area (Å²) in [4.78, 5) is 23.2. The van der Waals surface area contributed by atoms with Gasteiger partial charge in [0.1, 0.15) is 12.6 Å². The van der Waals surface area contributed by atoms with Crippen LogP contribution in [-0.2, 0) is 9.53 Å². The fourth-order valence-electron chi connectivity index (χ4n) is 3.15. The molecule has 0 saturated heterocycles. The van der Waals surface area contributed by atoms with E-state index >= 15 is 0 Å². The molecule has 0 saturated carbocycles. The summed E-state index contributed by atoms with van der Waals surface area (Å²) in [6, 6.07) is 15.2. The molecule has 1 amide bonds. The van der Waals surface area contributed by atoms with Crippen molar-refractivity contribution < 1.29 is 19.4 Å². The summed E-state index contributed by atoms with van der Waals surface area (Å²) in [5.41, 5.74) is 4.55. The fraction of sp³-hybridized carbons (Fsp3) is 0.263. The first-order valence-electron chi connectivity index (χ1n) is 8.02. The van der Waals surface area contributed by atoms with E-state index in [9.17, 15) is 9.59 Å². The highest BCUT2D eigenvalue weighted by Gasteiger charge is 2.29. The number of alkyl carbamates (subject to hydrolysis) is 1. The number of rotatable bonds is 6. The van der Waals surface area contributed by atoms with E-state index < -0.39 is 18.1 Å². The van der Waals surface area contributed by atoms with Crippen LogP contribution < -0.4 is 5.32 Å². The van der Waals surface area contributed by atoms with Gasteiger partial charge in [0.15, 0.2) is 0 Å². The summed E-state index contributed by atoms with van der Waals surface area (Å²) in [5, 5.41) is 11.5. The molecule has 2 aromatic rings. The molecule has 6 heteroatoms. The van der Waals surface area contributed by atoms with Crippen LogP contribution in [-0.4, -0.2) is 34.2 Å². The lowest BCUT2D eigenvalue weighted by Gasteiger charge is -2.17. The van der Waals surface area contributed by atoms with Crippen molar-refractivity contribution in [2.24, 2.45) is 0 Å². The number of aliphatic carboxylic acids is 1. The maximum Gasteiger partial charge on any atom is 0.407 e. The Balaban J connectivity index is 1.71. The Morgan fingerprint density at radius 2 is 1.64 bits per heavy atom. The van der Waals surface area contributed by atoms with Crippen molar-refractivity contribution in [3.63, 3.8) is 0 Å². The first-order valence-corrected chi connectivity index (χ1v) is 9.54. The minimum atomic E-state index is -1.05. The Labute approximate surface area is 159 Å². The second kappa shape index (κ2) is 7.86. The van der Waals surface area contributed by atoms with Gasteiger partial charge in [0.2, 0.25) is 0 Å². The number of carboxylic acids is 1. The van der Waals surface area contributed by atoms with Crippen molar-refractivity contribution in [3.8, 4) is 11.1 Å². The van der Waals surface area contributed by atoms with Gasteiger partial charge in [0.05, 0.1) is 0 Å². The van der Waals surface area contributed by atoms with Crippen LogP contribution in [0.5, 0.6) is 0 Å². The molecule has 1 atom stereocenters. The number of carbonyl (C=O) groups excluding carboxylic acids is 1. The molecule has 0 radical (unpaired) electrons. The highest BCUT2D eigenvalue weighted by molar-refractivity contribution is 14.1. The van der Waals surface area contributed by atoms with Gasteiger partial charge < -0.3 is 15.2 Å². The van der Waals surface area contributed by atoms with Crippen LogP contribution >= 0.6 is 22.6 Å². The van der Waals surface area contributed by atoms with E-state index in [1.165, 1.54) is 0 Å². The molecule has 2 N–H and O–H groups in total. The van der Waals surface area contributed by atoms with Crippen LogP contribution in [0.3, 0.4) is 0 Å². The normalized spacial score (nSPS) is 13.6. The van der Waals surface area contributed by atoms with Gasteiger partial charge >= 0.3 is 12.1 Å². The number of alkyl halides is 1. The number of halogens is 1. The SMILES string of the molecule is O=C(NC(CCI)C(=O)O)OCC1c2ccccc2-c2ccccc21. The van der Waals surface area contributed by atoms with Crippen molar-refractivity contribution in [2.75, 3.05) is 11.0 Å². The molecule has 1 unspecified atom stereocenters. The lowest BCUT2D eigenvalue weighted by atomic mass is 9.98. The molecular formula is C19H18INO4. The van der Waals surface area contributed by atoms with Gasteiger partial charge in [0, 0.05) is 10.3 Å². The molecule has 0 bridgehead atoms. The molecule has 3 rings (SSSR count). The molecule has 1 aliphatic carbocycles. The van der Waals surface area contributed by atoms with Crippen molar-refractivity contribution >= 4 is 34.7 Å². The number of carbonyl (C=O) groups is 2. The Hall–Kier alpha value is -2.09.